The van der Waals surface area contributed by atoms with E-state index in [-0.39, 0.29) is 11.4 Å². The number of morpholine rings is 1. The van der Waals surface area contributed by atoms with Crippen LogP contribution in [0.2, 0.25) is 0 Å². The van der Waals surface area contributed by atoms with Crippen LogP contribution in [0.4, 0.5) is 0 Å². The van der Waals surface area contributed by atoms with E-state index in [4.69, 9.17) is 4.74 Å². The second kappa shape index (κ2) is 5.65. The molecule has 1 saturated carbocycles. The first-order valence-corrected chi connectivity index (χ1v) is 7.90. The van der Waals surface area contributed by atoms with Crippen LogP contribution in [-0.4, -0.2) is 57.4 Å². The molecule has 0 amide bonds. The van der Waals surface area contributed by atoms with Crippen molar-refractivity contribution in [2.24, 2.45) is 0 Å². The van der Waals surface area contributed by atoms with Gasteiger partial charge in [-0.2, -0.15) is 4.31 Å². The third-order valence-corrected chi connectivity index (χ3v) is 5.98. The van der Waals surface area contributed by atoms with Crippen LogP contribution in [0, 0.1) is 0 Å². The lowest BCUT2D eigenvalue weighted by atomic mass is 10.3. The predicted octanol–water partition coefficient (Wildman–Crippen LogP) is 0.179. The highest BCUT2D eigenvalue weighted by Crippen LogP contribution is 2.27. The van der Waals surface area contributed by atoms with E-state index in [0.29, 0.717) is 26.2 Å². The van der Waals surface area contributed by atoms with Crippen LogP contribution in [0.15, 0.2) is 0 Å². The van der Waals surface area contributed by atoms with E-state index < -0.39 is 10.0 Å². The summed E-state index contributed by atoms with van der Waals surface area (Å²) in [5.74, 6) is 0. The molecule has 6 heteroatoms. The van der Waals surface area contributed by atoms with Crippen molar-refractivity contribution in [1.82, 2.24) is 9.62 Å². The molecule has 5 nitrogen and oxygen atoms in total. The molecule has 1 atom stereocenters. The van der Waals surface area contributed by atoms with Crippen LogP contribution in [0.1, 0.15) is 25.7 Å². The van der Waals surface area contributed by atoms with E-state index in [1.54, 1.807) is 4.31 Å². The van der Waals surface area contributed by atoms with Crippen LogP contribution in [0.25, 0.3) is 0 Å². The van der Waals surface area contributed by atoms with E-state index in [9.17, 15) is 8.42 Å². The summed E-state index contributed by atoms with van der Waals surface area (Å²) in [7, 11) is -1.23. The van der Waals surface area contributed by atoms with Crippen molar-refractivity contribution in [3.8, 4) is 0 Å². The highest BCUT2D eigenvalue weighted by molar-refractivity contribution is 7.89. The van der Waals surface area contributed by atoms with Gasteiger partial charge in [0.15, 0.2) is 0 Å². The maximum Gasteiger partial charge on any atom is 0.217 e. The molecule has 100 valence electrons. The molecule has 17 heavy (non-hydrogen) atoms. The zero-order valence-electron chi connectivity index (χ0n) is 10.4. The molecule has 1 aliphatic carbocycles. The second-order valence-electron chi connectivity index (χ2n) is 4.86. The van der Waals surface area contributed by atoms with E-state index in [0.717, 1.165) is 25.7 Å². The Balaban J connectivity index is 2.00. The highest BCUT2D eigenvalue weighted by Gasteiger charge is 2.36. The van der Waals surface area contributed by atoms with Gasteiger partial charge in [-0.15, -0.1) is 0 Å². The first-order valence-electron chi connectivity index (χ1n) is 6.39. The number of hydrogen-bond donors (Lipinski definition) is 1. The molecule has 0 aromatic carbocycles. The third-order valence-electron chi connectivity index (χ3n) is 3.62. The maximum absolute atomic E-state index is 12.4. The van der Waals surface area contributed by atoms with Crippen LogP contribution in [0.5, 0.6) is 0 Å². The topological polar surface area (TPSA) is 58.6 Å². The number of ether oxygens (including phenoxy) is 1. The predicted molar refractivity (Wildman–Crippen MR) is 66.4 cm³/mol. The summed E-state index contributed by atoms with van der Waals surface area (Å²) in [6.45, 7) is 2.23. The molecule has 2 aliphatic rings. The number of nitrogens with one attached hydrogen (secondary N) is 1. The summed E-state index contributed by atoms with van der Waals surface area (Å²) < 4.78 is 31.9. The van der Waals surface area contributed by atoms with Crippen molar-refractivity contribution in [1.29, 1.82) is 0 Å². The molecule has 2 rings (SSSR count). The van der Waals surface area contributed by atoms with Gasteiger partial charge in [-0.1, -0.05) is 12.8 Å². The average molecular weight is 262 g/mol. The van der Waals surface area contributed by atoms with Crippen molar-refractivity contribution in [3.63, 3.8) is 0 Å². The fourth-order valence-electron chi connectivity index (χ4n) is 2.67. The zero-order chi connectivity index (χ0) is 12.3. The van der Waals surface area contributed by atoms with Crippen LogP contribution in [-0.2, 0) is 14.8 Å². The summed E-state index contributed by atoms with van der Waals surface area (Å²) in [4.78, 5) is 0. The largest absolute Gasteiger partial charge is 0.374 e. The molecule has 0 aromatic heterocycles. The number of nitrogens with zero attached hydrogens (tertiary/aromatic N) is 1. The van der Waals surface area contributed by atoms with Crippen LogP contribution < -0.4 is 5.32 Å². The van der Waals surface area contributed by atoms with Crippen molar-refractivity contribution in [2.45, 2.75) is 37.0 Å². The average Bonchev–Trinajstić information content (AvgIpc) is 2.84. The molecule has 1 heterocycles. The van der Waals surface area contributed by atoms with Crippen molar-refractivity contribution < 1.29 is 13.2 Å². The van der Waals surface area contributed by atoms with Gasteiger partial charge in [0, 0.05) is 19.6 Å². The van der Waals surface area contributed by atoms with Gasteiger partial charge in [0.1, 0.15) is 0 Å². The lowest BCUT2D eigenvalue weighted by Gasteiger charge is -2.33. The summed E-state index contributed by atoms with van der Waals surface area (Å²) in [6.07, 6.45) is 3.75. The molecular weight excluding hydrogens is 240 g/mol. The molecular formula is C11H22N2O3S. The minimum absolute atomic E-state index is 0.00933. The monoisotopic (exact) mass is 262 g/mol. The Morgan fingerprint density at radius 3 is 2.71 bits per heavy atom. The molecule has 1 aliphatic heterocycles. The Hall–Kier alpha value is -0.170. The quantitative estimate of drug-likeness (QED) is 0.785. The molecule has 0 radical (unpaired) electrons. The lowest BCUT2D eigenvalue weighted by Crippen LogP contribution is -2.50. The molecule has 2 fully saturated rings. The van der Waals surface area contributed by atoms with E-state index in [1.165, 1.54) is 0 Å². The zero-order valence-corrected chi connectivity index (χ0v) is 11.2. The number of rotatable bonds is 4. The van der Waals surface area contributed by atoms with Crippen molar-refractivity contribution in [3.05, 3.63) is 0 Å². The Kier molecular flexibility index (Phi) is 4.41. The summed E-state index contributed by atoms with van der Waals surface area (Å²) in [6, 6.07) is 0. The van der Waals surface area contributed by atoms with E-state index in [2.05, 4.69) is 5.32 Å². The first-order chi connectivity index (χ1) is 8.14. The Morgan fingerprint density at radius 1 is 1.35 bits per heavy atom. The maximum atomic E-state index is 12.4. The SMILES string of the molecule is CNCC1CN(S(=O)(=O)C2CCCC2)CCO1. The smallest absolute Gasteiger partial charge is 0.217 e. The van der Waals surface area contributed by atoms with Gasteiger partial charge in [-0.25, -0.2) is 8.42 Å². The number of hydrogen-bond acceptors (Lipinski definition) is 4. The van der Waals surface area contributed by atoms with E-state index >= 15 is 0 Å². The lowest BCUT2D eigenvalue weighted by molar-refractivity contribution is 0.000555. The molecule has 1 unspecified atom stereocenters. The van der Waals surface area contributed by atoms with Gasteiger partial charge in [0.25, 0.3) is 0 Å². The van der Waals surface area contributed by atoms with Crippen LogP contribution in [0.3, 0.4) is 0 Å². The number of sulfonamides is 1. The van der Waals surface area contributed by atoms with Gasteiger partial charge >= 0.3 is 0 Å². The van der Waals surface area contributed by atoms with Gasteiger partial charge < -0.3 is 10.1 Å². The third kappa shape index (κ3) is 2.99. The Bertz CT molecular complexity index is 337. The van der Waals surface area contributed by atoms with Gasteiger partial charge in [0.05, 0.1) is 18.0 Å². The van der Waals surface area contributed by atoms with Gasteiger partial charge in [-0.3, -0.25) is 0 Å². The minimum atomic E-state index is -3.09. The van der Waals surface area contributed by atoms with Crippen LogP contribution >= 0.6 is 0 Å². The molecule has 0 spiro atoms. The first kappa shape index (κ1) is 13.3. The fraction of sp³-hybridized carbons (Fsp3) is 1.00. The highest BCUT2D eigenvalue weighted by atomic mass is 32.2. The summed E-state index contributed by atoms with van der Waals surface area (Å²) in [5.41, 5.74) is 0. The summed E-state index contributed by atoms with van der Waals surface area (Å²) in [5, 5.41) is 2.89. The minimum Gasteiger partial charge on any atom is -0.374 e. The molecule has 1 N–H and O–H groups in total. The number of likely N-dealkylation sites (N-methyl/N-ethyl adjacent to an activating group) is 1. The second-order valence-corrected chi connectivity index (χ2v) is 7.07. The molecule has 0 bridgehead atoms. The Morgan fingerprint density at radius 2 is 2.06 bits per heavy atom. The standard InChI is InChI=1S/C11H22N2O3S/c1-12-8-10-9-13(6-7-16-10)17(14,15)11-4-2-3-5-11/h10-12H,2-9H2,1H3. The van der Waals surface area contributed by atoms with Gasteiger partial charge in [0.2, 0.25) is 10.0 Å². The molecule has 0 aromatic rings. The van der Waals surface area contributed by atoms with Crippen molar-refractivity contribution in [2.75, 3.05) is 33.3 Å². The Labute approximate surface area is 104 Å². The fourth-order valence-corrected chi connectivity index (χ4v) is 4.73. The van der Waals surface area contributed by atoms with Gasteiger partial charge in [-0.05, 0) is 19.9 Å². The van der Waals surface area contributed by atoms with E-state index in [1.807, 2.05) is 7.05 Å². The normalized spacial score (nSPS) is 28.6. The molecule has 1 saturated heterocycles. The van der Waals surface area contributed by atoms with Crippen molar-refractivity contribution >= 4 is 10.0 Å². The summed E-state index contributed by atoms with van der Waals surface area (Å²) >= 11 is 0.